The van der Waals surface area contributed by atoms with Gasteiger partial charge in [0.05, 0.1) is 0 Å². The Balaban J connectivity index is 1.86. The Morgan fingerprint density at radius 2 is 1.83 bits per heavy atom. The van der Waals surface area contributed by atoms with E-state index in [1.54, 1.807) is 24.3 Å². The summed E-state index contributed by atoms with van der Waals surface area (Å²) in [5.41, 5.74) is 7.52. The molecule has 128 valence electrons. The number of nitrogens with zero attached hydrogens (tertiary/aromatic N) is 1. The quantitative estimate of drug-likeness (QED) is 0.730. The Kier molecular flexibility index (Phi) is 6.63. The molecule has 2 rings (SSSR count). The van der Waals surface area contributed by atoms with Crippen LogP contribution in [0.1, 0.15) is 24.2 Å². The Labute approximate surface area is 143 Å². The topological polar surface area (TPSA) is 67.6 Å². The van der Waals surface area contributed by atoms with Crippen LogP contribution in [0.4, 0.5) is 11.4 Å². The molecule has 0 fully saturated rings. The largest absolute Gasteiger partial charge is 0.492 e. The molecule has 0 aliphatic heterocycles. The lowest BCUT2D eigenvalue weighted by atomic mass is 10.2. The number of likely N-dealkylation sites (N-methyl/N-ethyl adjacent to an activating group) is 1. The average Bonchev–Trinajstić information content (AvgIpc) is 2.60. The van der Waals surface area contributed by atoms with Gasteiger partial charge in [-0.05, 0) is 55.6 Å². The van der Waals surface area contributed by atoms with Crippen molar-refractivity contribution in [1.29, 1.82) is 0 Å². The summed E-state index contributed by atoms with van der Waals surface area (Å²) in [4.78, 5) is 14.5. The Bertz CT molecular complexity index is 652. The fraction of sp³-hybridized carbons (Fsp3) is 0.316. The van der Waals surface area contributed by atoms with Crippen molar-refractivity contribution in [1.82, 2.24) is 4.90 Å². The van der Waals surface area contributed by atoms with E-state index in [9.17, 15) is 4.79 Å². The van der Waals surface area contributed by atoms with E-state index in [0.717, 1.165) is 31.1 Å². The van der Waals surface area contributed by atoms with Crippen LogP contribution in [0.5, 0.6) is 5.75 Å². The zero-order chi connectivity index (χ0) is 17.4. The number of hydrogen-bond donors (Lipinski definition) is 2. The van der Waals surface area contributed by atoms with Gasteiger partial charge in [-0.2, -0.15) is 0 Å². The second-order valence-corrected chi connectivity index (χ2v) is 5.48. The number of carbonyl (C=O) groups is 1. The molecule has 5 nitrogen and oxygen atoms in total. The van der Waals surface area contributed by atoms with Crippen molar-refractivity contribution in [3.8, 4) is 5.75 Å². The highest BCUT2D eigenvalue weighted by Gasteiger charge is 2.06. The zero-order valence-electron chi connectivity index (χ0n) is 14.3. The maximum atomic E-state index is 12.2. The van der Waals surface area contributed by atoms with Gasteiger partial charge in [0.25, 0.3) is 5.91 Å². The predicted octanol–water partition coefficient (Wildman–Crippen LogP) is 3.24. The molecule has 24 heavy (non-hydrogen) atoms. The molecule has 2 aromatic carbocycles. The van der Waals surface area contributed by atoms with Crippen molar-refractivity contribution in [2.45, 2.75) is 13.8 Å². The minimum absolute atomic E-state index is 0.183. The SMILES string of the molecule is CCN(CC)CCOc1ccc(NC(=O)c2cccc(N)c2)cc1. The van der Waals surface area contributed by atoms with E-state index < -0.39 is 0 Å². The van der Waals surface area contributed by atoms with E-state index in [-0.39, 0.29) is 5.91 Å². The van der Waals surface area contributed by atoms with Crippen molar-refractivity contribution < 1.29 is 9.53 Å². The lowest BCUT2D eigenvalue weighted by Gasteiger charge is -2.18. The molecule has 0 radical (unpaired) electrons. The van der Waals surface area contributed by atoms with Crippen LogP contribution in [0.15, 0.2) is 48.5 Å². The van der Waals surface area contributed by atoms with Gasteiger partial charge in [0.15, 0.2) is 0 Å². The molecule has 0 spiro atoms. The van der Waals surface area contributed by atoms with E-state index in [0.29, 0.717) is 17.9 Å². The summed E-state index contributed by atoms with van der Waals surface area (Å²) in [6, 6.07) is 14.3. The minimum atomic E-state index is -0.183. The van der Waals surface area contributed by atoms with Crippen molar-refractivity contribution in [3.63, 3.8) is 0 Å². The molecule has 0 aliphatic rings. The first-order chi connectivity index (χ1) is 11.6. The molecule has 1 amide bonds. The van der Waals surface area contributed by atoms with E-state index in [4.69, 9.17) is 10.5 Å². The third-order valence-corrected chi connectivity index (χ3v) is 3.83. The first-order valence-corrected chi connectivity index (χ1v) is 8.24. The average molecular weight is 327 g/mol. The van der Waals surface area contributed by atoms with Gasteiger partial charge in [0, 0.05) is 23.5 Å². The van der Waals surface area contributed by atoms with Gasteiger partial charge >= 0.3 is 0 Å². The molecule has 2 aromatic rings. The Morgan fingerprint density at radius 3 is 2.46 bits per heavy atom. The number of nitrogen functional groups attached to an aromatic ring is 1. The number of ether oxygens (including phenoxy) is 1. The summed E-state index contributed by atoms with van der Waals surface area (Å²) in [5.74, 6) is 0.613. The van der Waals surface area contributed by atoms with Crippen LogP contribution >= 0.6 is 0 Å². The second kappa shape index (κ2) is 8.93. The van der Waals surface area contributed by atoms with Gasteiger partial charge in [0.2, 0.25) is 0 Å². The molecule has 0 saturated heterocycles. The first kappa shape index (κ1) is 17.8. The lowest BCUT2D eigenvalue weighted by Crippen LogP contribution is -2.27. The minimum Gasteiger partial charge on any atom is -0.492 e. The second-order valence-electron chi connectivity index (χ2n) is 5.48. The highest BCUT2D eigenvalue weighted by molar-refractivity contribution is 6.04. The summed E-state index contributed by atoms with van der Waals surface area (Å²) in [6.45, 7) is 7.88. The molecule has 0 heterocycles. The molecular weight excluding hydrogens is 302 g/mol. The summed E-state index contributed by atoms with van der Waals surface area (Å²) < 4.78 is 5.73. The Hall–Kier alpha value is -2.53. The van der Waals surface area contributed by atoms with Gasteiger partial charge in [-0.3, -0.25) is 4.79 Å². The first-order valence-electron chi connectivity index (χ1n) is 8.24. The molecule has 0 aliphatic carbocycles. The number of nitrogens with one attached hydrogen (secondary N) is 1. The van der Waals surface area contributed by atoms with Gasteiger partial charge < -0.3 is 20.7 Å². The third-order valence-electron chi connectivity index (χ3n) is 3.83. The predicted molar refractivity (Wildman–Crippen MR) is 98.5 cm³/mol. The fourth-order valence-electron chi connectivity index (χ4n) is 2.35. The maximum absolute atomic E-state index is 12.2. The number of amides is 1. The van der Waals surface area contributed by atoms with Crippen LogP contribution in [0.25, 0.3) is 0 Å². The number of nitrogens with two attached hydrogens (primary N) is 1. The zero-order valence-corrected chi connectivity index (χ0v) is 14.3. The van der Waals surface area contributed by atoms with Crippen LogP contribution in [0.3, 0.4) is 0 Å². The van der Waals surface area contributed by atoms with Crippen LogP contribution in [0, 0.1) is 0 Å². The smallest absolute Gasteiger partial charge is 0.255 e. The van der Waals surface area contributed by atoms with Gasteiger partial charge in [-0.25, -0.2) is 0 Å². The standard InChI is InChI=1S/C19H25N3O2/c1-3-22(4-2)12-13-24-18-10-8-17(9-11-18)21-19(23)15-6-5-7-16(20)14-15/h5-11,14H,3-4,12-13,20H2,1-2H3,(H,21,23). The van der Waals surface area contributed by atoms with Crippen LogP contribution in [-0.4, -0.2) is 37.0 Å². The Morgan fingerprint density at radius 1 is 1.12 bits per heavy atom. The lowest BCUT2D eigenvalue weighted by molar-refractivity contribution is 0.102. The summed E-state index contributed by atoms with van der Waals surface area (Å²) in [6.07, 6.45) is 0. The molecular formula is C19H25N3O2. The van der Waals surface area contributed by atoms with Gasteiger partial charge in [0.1, 0.15) is 12.4 Å². The number of anilines is 2. The van der Waals surface area contributed by atoms with E-state index >= 15 is 0 Å². The molecule has 0 bridgehead atoms. The summed E-state index contributed by atoms with van der Waals surface area (Å²) >= 11 is 0. The summed E-state index contributed by atoms with van der Waals surface area (Å²) in [7, 11) is 0. The van der Waals surface area contributed by atoms with Crippen LogP contribution in [0.2, 0.25) is 0 Å². The third kappa shape index (κ3) is 5.28. The van der Waals surface area contributed by atoms with Crippen molar-refractivity contribution in [2.24, 2.45) is 0 Å². The van der Waals surface area contributed by atoms with Crippen molar-refractivity contribution in [3.05, 3.63) is 54.1 Å². The molecule has 0 saturated carbocycles. The highest BCUT2D eigenvalue weighted by Crippen LogP contribution is 2.17. The van der Waals surface area contributed by atoms with E-state index in [1.807, 2.05) is 24.3 Å². The molecule has 5 heteroatoms. The van der Waals surface area contributed by atoms with Crippen molar-refractivity contribution in [2.75, 3.05) is 37.3 Å². The number of rotatable bonds is 8. The molecule has 0 aromatic heterocycles. The number of carbonyl (C=O) groups excluding carboxylic acids is 1. The number of hydrogen-bond acceptors (Lipinski definition) is 4. The van der Waals surface area contributed by atoms with Crippen LogP contribution in [-0.2, 0) is 0 Å². The summed E-state index contributed by atoms with van der Waals surface area (Å²) in [5, 5.41) is 2.85. The molecule has 0 unspecified atom stereocenters. The van der Waals surface area contributed by atoms with Crippen LogP contribution < -0.4 is 15.8 Å². The van der Waals surface area contributed by atoms with E-state index in [1.165, 1.54) is 0 Å². The fourth-order valence-corrected chi connectivity index (χ4v) is 2.35. The monoisotopic (exact) mass is 327 g/mol. The molecule has 0 atom stereocenters. The normalized spacial score (nSPS) is 10.6. The van der Waals surface area contributed by atoms with Gasteiger partial charge in [-0.1, -0.05) is 19.9 Å². The number of benzene rings is 2. The molecule has 3 N–H and O–H groups in total. The maximum Gasteiger partial charge on any atom is 0.255 e. The van der Waals surface area contributed by atoms with Gasteiger partial charge in [-0.15, -0.1) is 0 Å². The van der Waals surface area contributed by atoms with Crippen molar-refractivity contribution >= 4 is 17.3 Å². The van der Waals surface area contributed by atoms with E-state index in [2.05, 4.69) is 24.1 Å². The highest BCUT2D eigenvalue weighted by atomic mass is 16.5.